The summed E-state index contributed by atoms with van der Waals surface area (Å²) in [5.41, 5.74) is 4.06. The highest BCUT2D eigenvalue weighted by Gasteiger charge is 2.61. The summed E-state index contributed by atoms with van der Waals surface area (Å²) in [5, 5.41) is 13.7. The van der Waals surface area contributed by atoms with Crippen LogP contribution in [-0.2, 0) is 40.7 Å². The molecule has 2 aromatic rings. The first-order valence-corrected chi connectivity index (χ1v) is 11.5. The number of rotatable bonds is 5. The third-order valence-corrected chi connectivity index (χ3v) is 8.06. The van der Waals surface area contributed by atoms with Crippen LogP contribution >= 0.6 is 0 Å². The van der Waals surface area contributed by atoms with E-state index in [2.05, 4.69) is 21.4 Å². The van der Waals surface area contributed by atoms with Gasteiger partial charge in [0.15, 0.2) is 0 Å². The predicted molar refractivity (Wildman–Crippen MR) is 117 cm³/mol. The van der Waals surface area contributed by atoms with Gasteiger partial charge < -0.3 is 10.4 Å². The second-order valence-corrected chi connectivity index (χ2v) is 9.50. The lowest BCUT2D eigenvalue weighted by Crippen LogP contribution is -2.55. The van der Waals surface area contributed by atoms with E-state index >= 15 is 0 Å². The molecule has 31 heavy (non-hydrogen) atoms. The van der Waals surface area contributed by atoms with Gasteiger partial charge in [0.05, 0.1) is 11.1 Å². The minimum absolute atomic E-state index is 0.171. The van der Waals surface area contributed by atoms with Crippen LogP contribution in [0.3, 0.4) is 0 Å². The quantitative estimate of drug-likeness (QED) is 0.764. The van der Waals surface area contributed by atoms with Crippen molar-refractivity contribution in [3.8, 4) is 0 Å². The minimum Gasteiger partial charge on any atom is -0.481 e. The van der Waals surface area contributed by atoms with Gasteiger partial charge in [-0.05, 0) is 80.5 Å². The Kier molecular flexibility index (Phi) is 4.83. The summed E-state index contributed by atoms with van der Waals surface area (Å²) < 4.78 is 0. The van der Waals surface area contributed by atoms with Crippen LogP contribution in [0, 0.1) is 5.41 Å². The van der Waals surface area contributed by atoms with Crippen LogP contribution < -0.4 is 5.32 Å². The van der Waals surface area contributed by atoms with E-state index < -0.39 is 16.8 Å². The molecule has 3 aliphatic carbocycles. The summed E-state index contributed by atoms with van der Waals surface area (Å²) in [7, 11) is 0. The van der Waals surface area contributed by atoms with E-state index in [0.29, 0.717) is 18.5 Å². The molecule has 0 radical (unpaired) electrons. The molecular weight excluding hydrogens is 390 g/mol. The Bertz CT molecular complexity index is 1010. The van der Waals surface area contributed by atoms with Gasteiger partial charge in [0.1, 0.15) is 5.41 Å². The number of carboxylic acids is 1. The highest BCUT2D eigenvalue weighted by atomic mass is 16.4. The molecule has 0 saturated heterocycles. The molecule has 1 unspecified atom stereocenters. The molecule has 1 saturated carbocycles. The van der Waals surface area contributed by atoms with E-state index in [9.17, 15) is 14.7 Å². The number of nitrogens with zero attached hydrogens (tertiary/aromatic N) is 2. The molecule has 6 nitrogen and oxygen atoms in total. The largest absolute Gasteiger partial charge is 0.481 e. The van der Waals surface area contributed by atoms with E-state index in [0.717, 1.165) is 57.1 Å². The zero-order valence-corrected chi connectivity index (χ0v) is 18.0. The van der Waals surface area contributed by atoms with Gasteiger partial charge in [-0.3, -0.25) is 19.6 Å². The van der Waals surface area contributed by atoms with E-state index in [1.165, 1.54) is 40.8 Å². The monoisotopic (exact) mass is 419 g/mol. The van der Waals surface area contributed by atoms with Gasteiger partial charge in [-0.1, -0.05) is 18.9 Å². The van der Waals surface area contributed by atoms with Gasteiger partial charge in [0.25, 0.3) is 0 Å². The normalized spacial score (nSPS) is 20.7. The second kappa shape index (κ2) is 7.43. The Morgan fingerprint density at radius 3 is 2.19 bits per heavy atom. The lowest BCUT2D eigenvalue weighted by molar-refractivity contribution is -0.154. The number of carbonyl (C=O) groups is 2. The Balaban J connectivity index is 1.60. The zero-order chi connectivity index (χ0) is 21.6. The van der Waals surface area contributed by atoms with Crippen LogP contribution in [0.1, 0.15) is 73.4 Å². The number of hydrogen-bond acceptors (Lipinski definition) is 4. The van der Waals surface area contributed by atoms with Crippen molar-refractivity contribution in [2.75, 3.05) is 5.32 Å². The number of fused-ring (bicyclic) bond motifs is 2. The molecule has 1 heterocycles. The molecule has 0 spiro atoms. The van der Waals surface area contributed by atoms with Gasteiger partial charge >= 0.3 is 5.97 Å². The molecule has 162 valence electrons. The predicted octanol–water partition coefficient (Wildman–Crippen LogP) is 4.00. The summed E-state index contributed by atoms with van der Waals surface area (Å²) in [6, 6.07) is 2.34. The van der Waals surface area contributed by atoms with Crippen molar-refractivity contribution in [3.05, 3.63) is 52.6 Å². The first-order valence-electron chi connectivity index (χ1n) is 11.5. The minimum atomic E-state index is -1.44. The molecular formula is C25H29N3O3. The molecule has 2 N–H and O–H groups in total. The number of nitrogens with one attached hydrogen (secondary N) is 1. The number of aromatic nitrogens is 2. The number of anilines is 1. The fraction of sp³-hybridized carbons (Fsp3) is 0.520. The summed E-state index contributed by atoms with van der Waals surface area (Å²) in [5.74, 6) is -1.19. The number of carboxylic acid groups (broad SMARTS) is 1. The topological polar surface area (TPSA) is 92.2 Å². The molecule has 5 rings (SSSR count). The first-order chi connectivity index (χ1) is 15.0. The molecule has 1 aromatic carbocycles. The van der Waals surface area contributed by atoms with Gasteiger partial charge in [-0.2, -0.15) is 0 Å². The van der Waals surface area contributed by atoms with E-state index in [1.807, 2.05) is 0 Å². The molecule has 6 heteroatoms. The lowest BCUT2D eigenvalue weighted by atomic mass is 9.60. The van der Waals surface area contributed by atoms with Gasteiger partial charge in [0, 0.05) is 24.3 Å². The highest BCUT2D eigenvalue weighted by Crippen LogP contribution is 2.53. The van der Waals surface area contributed by atoms with E-state index in [-0.39, 0.29) is 5.91 Å². The Morgan fingerprint density at radius 1 is 1.00 bits per heavy atom. The average molecular weight is 420 g/mol. The van der Waals surface area contributed by atoms with Crippen LogP contribution in [-0.4, -0.2) is 27.0 Å². The van der Waals surface area contributed by atoms with Crippen LogP contribution in [0.25, 0.3) is 0 Å². The number of amides is 1. The first kappa shape index (κ1) is 20.2. The van der Waals surface area contributed by atoms with Crippen molar-refractivity contribution in [1.82, 2.24) is 9.97 Å². The van der Waals surface area contributed by atoms with Crippen LogP contribution in [0.5, 0.6) is 0 Å². The summed E-state index contributed by atoms with van der Waals surface area (Å²) in [4.78, 5) is 35.2. The maximum Gasteiger partial charge on any atom is 0.316 e. The summed E-state index contributed by atoms with van der Waals surface area (Å²) in [6.45, 7) is 1.66. The van der Waals surface area contributed by atoms with E-state index in [1.54, 1.807) is 6.92 Å². The van der Waals surface area contributed by atoms with Crippen molar-refractivity contribution < 1.29 is 14.7 Å². The second-order valence-electron chi connectivity index (χ2n) is 9.50. The molecule has 0 bridgehead atoms. The van der Waals surface area contributed by atoms with Crippen LogP contribution in [0.15, 0.2) is 24.7 Å². The number of benzene rings is 1. The van der Waals surface area contributed by atoms with Crippen molar-refractivity contribution in [1.29, 1.82) is 0 Å². The third-order valence-electron chi connectivity index (χ3n) is 8.06. The molecule has 1 aromatic heterocycles. The Morgan fingerprint density at radius 2 is 1.65 bits per heavy atom. The maximum atomic E-state index is 14.0. The van der Waals surface area contributed by atoms with Crippen molar-refractivity contribution in [3.63, 3.8) is 0 Å². The highest BCUT2D eigenvalue weighted by molar-refractivity contribution is 6.02. The standard InChI is InChI=1S/C25H29N3O3/c1-24(23(30)31,20-15-26-12-13-27-20)25(10-2-3-11-25)22(29)28-21-18-8-4-6-16(18)14-17-7-5-9-19(17)21/h12-15H,2-11H2,1H3,(H,28,29)(H,30,31). The average Bonchev–Trinajstić information content (AvgIpc) is 3.53. The number of aryl methyl sites for hydroxylation is 2. The van der Waals surface area contributed by atoms with Crippen LogP contribution in [0.2, 0.25) is 0 Å². The fourth-order valence-corrected chi connectivity index (χ4v) is 6.25. The smallest absolute Gasteiger partial charge is 0.316 e. The molecule has 1 atom stereocenters. The van der Waals surface area contributed by atoms with Gasteiger partial charge in [-0.15, -0.1) is 0 Å². The van der Waals surface area contributed by atoms with Crippen molar-refractivity contribution >= 4 is 17.6 Å². The lowest BCUT2D eigenvalue weighted by Gasteiger charge is -2.41. The maximum absolute atomic E-state index is 14.0. The SMILES string of the molecule is CC(C(=O)O)(c1cnccn1)C1(C(=O)Nc2c3c(cc4c2CCC4)CCC3)CCCC1. The Labute approximate surface area is 182 Å². The van der Waals surface area contributed by atoms with Crippen LogP contribution in [0.4, 0.5) is 5.69 Å². The van der Waals surface area contributed by atoms with Crippen molar-refractivity contribution in [2.45, 2.75) is 76.5 Å². The van der Waals surface area contributed by atoms with E-state index in [4.69, 9.17) is 0 Å². The fourth-order valence-electron chi connectivity index (χ4n) is 6.25. The summed E-state index contributed by atoms with van der Waals surface area (Å²) in [6.07, 6.45) is 13.6. The summed E-state index contributed by atoms with van der Waals surface area (Å²) >= 11 is 0. The number of carbonyl (C=O) groups excluding carboxylic acids is 1. The molecule has 0 aliphatic heterocycles. The Hall–Kier alpha value is -2.76. The molecule has 1 fully saturated rings. The van der Waals surface area contributed by atoms with Gasteiger partial charge in [-0.25, -0.2) is 0 Å². The molecule has 1 amide bonds. The number of aliphatic carboxylic acids is 1. The zero-order valence-electron chi connectivity index (χ0n) is 18.0. The van der Waals surface area contributed by atoms with Crippen molar-refractivity contribution in [2.24, 2.45) is 5.41 Å². The number of hydrogen-bond donors (Lipinski definition) is 2. The van der Waals surface area contributed by atoms with Gasteiger partial charge in [0.2, 0.25) is 5.91 Å². The third kappa shape index (κ3) is 2.91. The molecule has 3 aliphatic rings.